The molecule has 0 saturated heterocycles. The molecule has 3 rings (SSSR count). The zero-order valence-corrected chi connectivity index (χ0v) is 15.5. The van der Waals surface area contributed by atoms with E-state index in [2.05, 4.69) is 10.3 Å². The van der Waals surface area contributed by atoms with Crippen LogP contribution >= 0.6 is 11.6 Å². The highest BCUT2D eigenvalue weighted by molar-refractivity contribution is 6.32. The van der Waals surface area contributed by atoms with Gasteiger partial charge in [-0.1, -0.05) is 11.6 Å². The van der Waals surface area contributed by atoms with Crippen molar-refractivity contribution < 1.29 is 23.7 Å². The molecule has 0 aliphatic carbocycles. The number of phenols is 1. The van der Waals surface area contributed by atoms with Gasteiger partial charge in [0.05, 0.1) is 24.4 Å². The molecule has 3 aromatic rings. The zero-order chi connectivity index (χ0) is 19.4. The van der Waals surface area contributed by atoms with Crippen molar-refractivity contribution in [3.8, 4) is 17.2 Å². The molecule has 0 radical (unpaired) electrons. The number of aromatic nitrogens is 1. The molecule has 2 aromatic carbocycles. The second kappa shape index (κ2) is 8.28. The molecule has 0 atom stereocenters. The number of fused-ring (bicyclic) bond motifs is 1. The molecule has 0 unspecified atom stereocenters. The lowest BCUT2D eigenvalue weighted by Crippen LogP contribution is -2.05. The number of pyridine rings is 1. The molecule has 1 heterocycles. The molecule has 2 N–H and O–H groups in total. The van der Waals surface area contributed by atoms with E-state index >= 15 is 0 Å². The Hall–Kier alpha value is -2.77. The number of anilines is 2. The van der Waals surface area contributed by atoms with Crippen molar-refractivity contribution in [3.63, 3.8) is 0 Å². The second-order valence-electron chi connectivity index (χ2n) is 5.60. The van der Waals surface area contributed by atoms with Gasteiger partial charge in [-0.25, -0.2) is 4.39 Å². The highest BCUT2D eigenvalue weighted by Crippen LogP contribution is 2.38. The van der Waals surface area contributed by atoms with Crippen LogP contribution in [0.25, 0.3) is 10.9 Å². The molecule has 142 valence electrons. The molecule has 6 nitrogen and oxygen atoms in total. The first-order chi connectivity index (χ1) is 13.0. The van der Waals surface area contributed by atoms with Gasteiger partial charge in [-0.05, 0) is 24.3 Å². The number of halogens is 2. The fraction of sp³-hybridized carbons (Fsp3) is 0.211. The molecule has 1 aromatic heterocycles. The van der Waals surface area contributed by atoms with Crippen LogP contribution in [-0.2, 0) is 4.74 Å². The number of nitrogens with zero attached hydrogens (tertiary/aromatic N) is 1. The van der Waals surface area contributed by atoms with Gasteiger partial charge in [-0.2, -0.15) is 0 Å². The van der Waals surface area contributed by atoms with Crippen molar-refractivity contribution in [1.29, 1.82) is 0 Å². The smallest absolute Gasteiger partial charge is 0.187 e. The quantitative estimate of drug-likeness (QED) is 0.576. The zero-order valence-electron chi connectivity index (χ0n) is 14.8. The second-order valence-corrected chi connectivity index (χ2v) is 6.01. The topological polar surface area (TPSA) is 72.8 Å². The summed E-state index contributed by atoms with van der Waals surface area (Å²) in [5.74, 6) is 0.188. The average Bonchev–Trinajstić information content (AvgIpc) is 2.66. The normalized spacial score (nSPS) is 10.8. The van der Waals surface area contributed by atoms with Gasteiger partial charge in [0.15, 0.2) is 11.5 Å². The van der Waals surface area contributed by atoms with E-state index in [-0.39, 0.29) is 16.5 Å². The first kappa shape index (κ1) is 19.0. The van der Waals surface area contributed by atoms with Crippen LogP contribution in [0.2, 0.25) is 5.02 Å². The Balaban J connectivity index is 2.01. The first-order valence-corrected chi connectivity index (χ1v) is 8.45. The third kappa shape index (κ3) is 3.99. The largest absolute Gasteiger partial charge is 0.506 e. The molecule has 0 spiro atoms. The SMILES string of the molecule is COCCOc1ccc2c(Nc3cc(O)c(Cl)cc3F)ccnc2c1OC. The molecule has 0 amide bonds. The summed E-state index contributed by atoms with van der Waals surface area (Å²) in [5, 5.41) is 13.3. The van der Waals surface area contributed by atoms with E-state index in [1.54, 1.807) is 31.5 Å². The highest BCUT2D eigenvalue weighted by atomic mass is 35.5. The number of methoxy groups -OCH3 is 2. The van der Waals surface area contributed by atoms with Crippen molar-refractivity contribution >= 4 is 33.9 Å². The molecule has 0 fully saturated rings. The van der Waals surface area contributed by atoms with Gasteiger partial charge in [-0.3, -0.25) is 4.98 Å². The Kier molecular flexibility index (Phi) is 5.83. The fourth-order valence-electron chi connectivity index (χ4n) is 2.61. The highest BCUT2D eigenvalue weighted by Gasteiger charge is 2.15. The predicted octanol–water partition coefficient (Wildman–Crippen LogP) is 4.51. The minimum Gasteiger partial charge on any atom is -0.506 e. The van der Waals surface area contributed by atoms with E-state index in [4.69, 9.17) is 25.8 Å². The van der Waals surface area contributed by atoms with Gasteiger partial charge < -0.3 is 24.6 Å². The number of hydrogen-bond acceptors (Lipinski definition) is 6. The van der Waals surface area contributed by atoms with E-state index in [1.165, 1.54) is 13.2 Å². The van der Waals surface area contributed by atoms with E-state index in [0.717, 1.165) is 6.07 Å². The van der Waals surface area contributed by atoms with Gasteiger partial charge in [0.2, 0.25) is 0 Å². The van der Waals surface area contributed by atoms with E-state index < -0.39 is 5.82 Å². The van der Waals surface area contributed by atoms with Gasteiger partial charge in [-0.15, -0.1) is 0 Å². The van der Waals surface area contributed by atoms with Crippen molar-refractivity contribution in [3.05, 3.63) is 47.4 Å². The van der Waals surface area contributed by atoms with Crippen LogP contribution in [0.3, 0.4) is 0 Å². The third-order valence-electron chi connectivity index (χ3n) is 3.89. The molecule has 27 heavy (non-hydrogen) atoms. The number of hydrogen-bond donors (Lipinski definition) is 2. The number of ether oxygens (including phenoxy) is 3. The lowest BCUT2D eigenvalue weighted by atomic mass is 10.1. The summed E-state index contributed by atoms with van der Waals surface area (Å²) in [6.07, 6.45) is 1.57. The Bertz CT molecular complexity index is 968. The Morgan fingerprint density at radius 2 is 1.96 bits per heavy atom. The fourth-order valence-corrected chi connectivity index (χ4v) is 2.76. The Labute approximate surface area is 160 Å². The van der Waals surface area contributed by atoms with E-state index in [9.17, 15) is 9.50 Å². The minimum atomic E-state index is -0.589. The van der Waals surface area contributed by atoms with Gasteiger partial charge in [0.1, 0.15) is 23.7 Å². The Morgan fingerprint density at radius 1 is 1.15 bits per heavy atom. The molecule has 0 bridgehead atoms. The Morgan fingerprint density at radius 3 is 2.70 bits per heavy atom. The molecule has 0 saturated carbocycles. The predicted molar refractivity (Wildman–Crippen MR) is 102 cm³/mol. The summed E-state index contributed by atoms with van der Waals surface area (Å²) in [4.78, 5) is 4.36. The average molecular weight is 393 g/mol. The van der Waals surface area contributed by atoms with Gasteiger partial charge in [0.25, 0.3) is 0 Å². The standard InChI is InChI=1S/C19H18ClFN2O4/c1-25-7-8-27-17-4-3-11-14(5-6-22-18(11)19(17)26-2)23-15-10-16(24)12(20)9-13(15)21/h3-6,9-10,24H,7-8H2,1-2H3,(H,22,23). The summed E-state index contributed by atoms with van der Waals surface area (Å²) in [6.45, 7) is 0.807. The molecular formula is C19H18ClFN2O4. The first-order valence-electron chi connectivity index (χ1n) is 8.07. The maximum Gasteiger partial charge on any atom is 0.187 e. The van der Waals surface area contributed by atoms with Crippen LogP contribution in [0, 0.1) is 5.82 Å². The van der Waals surface area contributed by atoms with Crippen molar-refractivity contribution in [2.24, 2.45) is 0 Å². The van der Waals surface area contributed by atoms with Crippen LogP contribution < -0.4 is 14.8 Å². The molecular weight excluding hydrogens is 375 g/mol. The summed E-state index contributed by atoms with van der Waals surface area (Å²) in [6, 6.07) is 7.51. The molecule has 8 heteroatoms. The maximum absolute atomic E-state index is 14.2. The monoisotopic (exact) mass is 392 g/mol. The van der Waals surface area contributed by atoms with E-state index in [0.29, 0.717) is 41.3 Å². The third-order valence-corrected chi connectivity index (χ3v) is 4.19. The van der Waals surface area contributed by atoms with Crippen LogP contribution in [0.5, 0.6) is 17.2 Å². The minimum absolute atomic E-state index is 0.0582. The number of rotatable bonds is 7. The van der Waals surface area contributed by atoms with Gasteiger partial charge >= 0.3 is 0 Å². The number of phenolic OH excluding ortho intramolecular Hbond substituents is 1. The number of benzene rings is 2. The van der Waals surface area contributed by atoms with Crippen LogP contribution in [-0.4, -0.2) is 37.5 Å². The summed E-state index contributed by atoms with van der Waals surface area (Å²) in [7, 11) is 3.12. The lowest BCUT2D eigenvalue weighted by Gasteiger charge is -2.15. The maximum atomic E-state index is 14.2. The van der Waals surface area contributed by atoms with Crippen molar-refractivity contribution in [2.45, 2.75) is 0 Å². The summed E-state index contributed by atoms with van der Waals surface area (Å²) < 4.78 is 30.3. The summed E-state index contributed by atoms with van der Waals surface area (Å²) >= 11 is 5.73. The lowest BCUT2D eigenvalue weighted by molar-refractivity contribution is 0.144. The molecule has 0 aliphatic rings. The number of aromatic hydroxyl groups is 1. The van der Waals surface area contributed by atoms with Crippen LogP contribution in [0.4, 0.5) is 15.8 Å². The van der Waals surface area contributed by atoms with Crippen LogP contribution in [0.15, 0.2) is 36.5 Å². The van der Waals surface area contributed by atoms with Gasteiger partial charge in [0, 0.05) is 30.4 Å². The van der Waals surface area contributed by atoms with Crippen molar-refractivity contribution in [2.75, 3.05) is 32.8 Å². The van der Waals surface area contributed by atoms with E-state index in [1.807, 2.05) is 0 Å². The van der Waals surface area contributed by atoms with Crippen molar-refractivity contribution in [1.82, 2.24) is 4.98 Å². The molecule has 0 aliphatic heterocycles. The van der Waals surface area contributed by atoms with Crippen LogP contribution in [0.1, 0.15) is 0 Å². The number of nitrogens with one attached hydrogen (secondary N) is 1. The summed E-state index contributed by atoms with van der Waals surface area (Å²) in [5.41, 5.74) is 1.22.